The van der Waals surface area contributed by atoms with Gasteiger partial charge in [0.05, 0.1) is 7.05 Å². The van der Waals surface area contributed by atoms with E-state index < -0.39 is 0 Å². The molecule has 0 aliphatic carbocycles. The van der Waals surface area contributed by atoms with Crippen LogP contribution >= 0.6 is 0 Å². The highest BCUT2D eigenvalue weighted by atomic mass is 35.5. The summed E-state index contributed by atoms with van der Waals surface area (Å²) >= 11 is 0. The van der Waals surface area contributed by atoms with Crippen LogP contribution in [0.5, 0.6) is 0 Å². The van der Waals surface area contributed by atoms with Gasteiger partial charge in [0.25, 0.3) is 0 Å². The minimum absolute atomic E-state index is 0. The highest BCUT2D eigenvalue weighted by Gasteiger charge is 2.07. The molecule has 0 atom stereocenters. The summed E-state index contributed by atoms with van der Waals surface area (Å²) < 4.78 is 10.0. The van der Waals surface area contributed by atoms with Crippen LogP contribution in [0.15, 0.2) is 0 Å². The molecule has 126 valence electrons. The maximum Gasteiger partial charge on any atom is 0.407 e. The van der Waals surface area contributed by atoms with Gasteiger partial charge in [0.2, 0.25) is 0 Å². The van der Waals surface area contributed by atoms with E-state index in [2.05, 4.69) is 10.6 Å². The lowest BCUT2D eigenvalue weighted by molar-refractivity contribution is -0.880. The molecule has 3 N–H and O–H groups in total. The number of likely N-dealkylation sites (N-methyl/N-ethyl adjacent to an activating group) is 1. The summed E-state index contributed by atoms with van der Waals surface area (Å²) in [4.78, 5) is 23.5. The smallest absolute Gasteiger partial charge is 0.407 e. The summed E-state index contributed by atoms with van der Waals surface area (Å²) in [5.41, 5.74) is 0. The van der Waals surface area contributed by atoms with Crippen LogP contribution in [0.2, 0.25) is 0 Å². The van der Waals surface area contributed by atoms with Crippen molar-refractivity contribution in [3.8, 4) is 0 Å². The number of hydrogen-bond acceptors (Lipinski definition) is 4. The molecule has 2 amide bonds. The van der Waals surface area contributed by atoms with E-state index in [1.807, 2.05) is 20.9 Å². The molecular formula is C13H28ClN3O4. The van der Waals surface area contributed by atoms with Crippen LogP contribution in [-0.2, 0) is 9.47 Å². The molecule has 0 aromatic heterocycles. The average molecular weight is 326 g/mol. The molecule has 0 unspecified atom stereocenters. The van der Waals surface area contributed by atoms with Gasteiger partial charge in [-0.15, -0.1) is 0 Å². The van der Waals surface area contributed by atoms with Gasteiger partial charge in [0.1, 0.15) is 26.3 Å². The Labute approximate surface area is 133 Å². The Morgan fingerprint density at radius 3 is 1.62 bits per heavy atom. The number of amides is 2. The molecule has 0 fully saturated rings. The molecule has 7 nitrogen and oxygen atoms in total. The number of halogens is 1. The van der Waals surface area contributed by atoms with Gasteiger partial charge in [0.15, 0.2) is 0 Å². The first kappa shape index (κ1) is 22.1. The van der Waals surface area contributed by atoms with E-state index in [1.54, 1.807) is 0 Å². The first-order valence-electron chi connectivity index (χ1n) is 7.22. The fourth-order valence-corrected chi connectivity index (χ4v) is 1.32. The number of carbonyl (C=O) groups is 2. The van der Waals surface area contributed by atoms with E-state index in [0.29, 0.717) is 39.4 Å². The summed E-state index contributed by atoms with van der Waals surface area (Å²) in [5, 5.41) is 5.27. The van der Waals surface area contributed by atoms with Gasteiger partial charge in [-0.2, -0.15) is 0 Å². The van der Waals surface area contributed by atoms with Gasteiger partial charge >= 0.3 is 12.2 Å². The van der Waals surface area contributed by atoms with Gasteiger partial charge in [-0.05, 0) is 12.8 Å². The molecule has 0 rings (SSSR count). The number of hydrogen-bond donors (Lipinski definition) is 3. The van der Waals surface area contributed by atoms with Crippen molar-refractivity contribution in [2.75, 3.05) is 46.4 Å². The molecule has 0 heterocycles. The monoisotopic (exact) mass is 325 g/mol. The maximum atomic E-state index is 11.2. The molecule has 0 radical (unpaired) electrons. The molecule has 0 aromatic rings. The highest BCUT2D eigenvalue weighted by Crippen LogP contribution is 1.78. The standard InChI is InChI=1S/C13H27N3O4.ClH/c1-4-6-14-12(17)19-10-8-16(3)9-11-20-13(18)15-7-5-2;/h4-11H2,1-3H3,(H,14,17)(H,15,18);1H. The lowest BCUT2D eigenvalue weighted by Gasteiger charge is -2.14. The summed E-state index contributed by atoms with van der Waals surface area (Å²) in [5.74, 6) is 0. The van der Waals surface area contributed by atoms with Crippen LogP contribution in [0.3, 0.4) is 0 Å². The molecular weight excluding hydrogens is 298 g/mol. The highest BCUT2D eigenvalue weighted by molar-refractivity contribution is 5.67. The lowest BCUT2D eigenvalue weighted by Crippen LogP contribution is -3.10. The molecule has 0 aliphatic heterocycles. The fraction of sp³-hybridized carbons (Fsp3) is 0.846. The van der Waals surface area contributed by atoms with Crippen molar-refractivity contribution in [2.24, 2.45) is 0 Å². The third kappa shape index (κ3) is 15.0. The van der Waals surface area contributed by atoms with Crippen molar-refractivity contribution in [1.29, 1.82) is 0 Å². The Balaban J connectivity index is 0. The van der Waals surface area contributed by atoms with E-state index in [0.717, 1.165) is 17.7 Å². The number of quaternary nitrogens is 1. The van der Waals surface area contributed by atoms with Crippen LogP contribution in [0.25, 0.3) is 0 Å². The van der Waals surface area contributed by atoms with Crippen LogP contribution in [0.1, 0.15) is 26.7 Å². The third-order valence-electron chi connectivity index (χ3n) is 2.56. The van der Waals surface area contributed by atoms with Crippen LogP contribution < -0.4 is 27.9 Å². The van der Waals surface area contributed by atoms with Crippen molar-refractivity contribution in [3.63, 3.8) is 0 Å². The maximum absolute atomic E-state index is 11.2. The number of alkyl carbamates (subject to hydrolysis) is 2. The van der Waals surface area contributed by atoms with E-state index in [-0.39, 0.29) is 24.6 Å². The van der Waals surface area contributed by atoms with E-state index in [4.69, 9.17) is 9.47 Å². The van der Waals surface area contributed by atoms with Crippen molar-refractivity contribution in [1.82, 2.24) is 10.6 Å². The first-order valence-corrected chi connectivity index (χ1v) is 7.22. The first-order chi connectivity index (χ1) is 9.60. The molecule has 0 bridgehead atoms. The second-order valence-corrected chi connectivity index (χ2v) is 4.58. The van der Waals surface area contributed by atoms with Crippen LogP contribution in [-0.4, -0.2) is 58.6 Å². The molecule has 8 heteroatoms. The summed E-state index contributed by atoms with van der Waals surface area (Å²) in [7, 11) is 1.96. The Kier molecular flexibility index (Phi) is 16.0. The zero-order chi connectivity index (χ0) is 15.2. The van der Waals surface area contributed by atoms with Crippen molar-refractivity contribution >= 4 is 12.2 Å². The van der Waals surface area contributed by atoms with Crippen LogP contribution in [0, 0.1) is 0 Å². The van der Waals surface area contributed by atoms with Gasteiger partial charge in [0, 0.05) is 13.1 Å². The molecule has 21 heavy (non-hydrogen) atoms. The van der Waals surface area contributed by atoms with Crippen molar-refractivity contribution < 1.29 is 36.4 Å². The zero-order valence-corrected chi connectivity index (χ0v) is 13.9. The second kappa shape index (κ2) is 15.2. The molecule has 0 spiro atoms. The van der Waals surface area contributed by atoms with E-state index in [1.165, 1.54) is 0 Å². The minimum Gasteiger partial charge on any atom is -1.00 e. The number of ether oxygens (including phenoxy) is 2. The average Bonchev–Trinajstić information content (AvgIpc) is 2.42. The van der Waals surface area contributed by atoms with Gasteiger partial charge in [-0.25, -0.2) is 9.59 Å². The number of nitrogens with one attached hydrogen (secondary N) is 3. The van der Waals surface area contributed by atoms with Gasteiger partial charge in [-0.1, -0.05) is 13.8 Å². The Morgan fingerprint density at radius 2 is 1.29 bits per heavy atom. The molecule has 0 saturated carbocycles. The summed E-state index contributed by atoms with van der Waals surface area (Å²) in [6, 6.07) is 0. The Morgan fingerprint density at radius 1 is 0.905 bits per heavy atom. The lowest BCUT2D eigenvalue weighted by atomic mass is 10.5. The van der Waals surface area contributed by atoms with E-state index in [9.17, 15) is 9.59 Å². The normalized spacial score (nSPS) is 9.71. The van der Waals surface area contributed by atoms with Crippen molar-refractivity contribution in [2.45, 2.75) is 26.7 Å². The fourth-order valence-electron chi connectivity index (χ4n) is 1.32. The predicted molar refractivity (Wildman–Crippen MR) is 75.9 cm³/mol. The number of rotatable bonds is 10. The number of carbonyl (C=O) groups excluding carboxylic acids is 2. The molecule has 0 aliphatic rings. The predicted octanol–water partition coefficient (Wildman–Crippen LogP) is -3.22. The Hall–Kier alpha value is -1.21. The Bertz CT molecular complexity index is 254. The second-order valence-electron chi connectivity index (χ2n) is 4.58. The quantitative estimate of drug-likeness (QED) is 0.395. The third-order valence-corrected chi connectivity index (χ3v) is 2.56. The van der Waals surface area contributed by atoms with Gasteiger partial charge < -0.3 is 37.4 Å². The zero-order valence-electron chi connectivity index (χ0n) is 13.2. The van der Waals surface area contributed by atoms with Gasteiger partial charge in [-0.3, -0.25) is 0 Å². The topological polar surface area (TPSA) is 81.1 Å². The molecule has 0 saturated heterocycles. The largest absolute Gasteiger partial charge is 1.00 e. The summed E-state index contributed by atoms with van der Waals surface area (Å²) in [6.07, 6.45) is 1.01. The van der Waals surface area contributed by atoms with Crippen LogP contribution in [0.4, 0.5) is 9.59 Å². The van der Waals surface area contributed by atoms with E-state index >= 15 is 0 Å². The SMILES string of the molecule is CCCNC(=O)OCC[NH+](C)CCOC(=O)NCCC.[Cl-]. The van der Waals surface area contributed by atoms with Crippen molar-refractivity contribution in [3.05, 3.63) is 0 Å². The minimum atomic E-state index is -0.380. The molecule has 0 aromatic carbocycles. The summed E-state index contributed by atoms with van der Waals surface area (Å²) in [6.45, 7) is 7.28.